The zero-order chi connectivity index (χ0) is 21.1. The second-order valence-electron chi connectivity index (χ2n) is 9.29. The lowest BCUT2D eigenvalue weighted by Gasteiger charge is -2.42. The van der Waals surface area contributed by atoms with Gasteiger partial charge in [-0.1, -0.05) is 54.6 Å². The molecule has 1 aliphatic heterocycles. The van der Waals surface area contributed by atoms with Gasteiger partial charge in [0, 0.05) is 25.0 Å². The van der Waals surface area contributed by atoms with Crippen LogP contribution < -0.4 is 5.32 Å². The number of amides is 2. The minimum Gasteiger partial charge on any atom is -0.353 e. The summed E-state index contributed by atoms with van der Waals surface area (Å²) in [6.45, 7) is 5.30. The van der Waals surface area contributed by atoms with Crippen LogP contribution in [-0.4, -0.2) is 35.8 Å². The molecule has 0 radical (unpaired) electrons. The first-order valence-electron chi connectivity index (χ1n) is 11.2. The molecular weight excluding hydrogens is 372 g/mol. The Morgan fingerprint density at radius 1 is 1.03 bits per heavy atom. The van der Waals surface area contributed by atoms with Crippen LogP contribution in [0.2, 0.25) is 0 Å². The van der Waals surface area contributed by atoms with Crippen LogP contribution >= 0.6 is 0 Å². The molecule has 0 unspecified atom stereocenters. The summed E-state index contributed by atoms with van der Waals surface area (Å²) >= 11 is 0. The highest BCUT2D eigenvalue weighted by Crippen LogP contribution is 2.38. The van der Waals surface area contributed by atoms with Gasteiger partial charge < -0.3 is 10.2 Å². The summed E-state index contributed by atoms with van der Waals surface area (Å²) in [7, 11) is 0. The average Bonchev–Trinajstić information content (AvgIpc) is 3.59. The highest BCUT2D eigenvalue weighted by atomic mass is 16.2. The fraction of sp³-hybridized carbons (Fsp3) is 0.462. The minimum atomic E-state index is -0.554. The zero-order valence-corrected chi connectivity index (χ0v) is 18.1. The van der Waals surface area contributed by atoms with Crippen molar-refractivity contribution in [1.82, 2.24) is 10.2 Å². The van der Waals surface area contributed by atoms with Crippen LogP contribution in [0.4, 0.5) is 0 Å². The van der Waals surface area contributed by atoms with Crippen molar-refractivity contribution in [2.75, 3.05) is 13.1 Å². The highest BCUT2D eigenvalue weighted by molar-refractivity contribution is 5.86. The van der Waals surface area contributed by atoms with Crippen LogP contribution in [0.1, 0.15) is 45.1 Å². The molecule has 1 heterocycles. The van der Waals surface area contributed by atoms with Gasteiger partial charge in [0.05, 0.1) is 5.41 Å². The van der Waals surface area contributed by atoms with Crippen molar-refractivity contribution < 1.29 is 9.59 Å². The van der Waals surface area contributed by atoms with E-state index in [0.717, 1.165) is 37.8 Å². The Kier molecular flexibility index (Phi) is 5.94. The van der Waals surface area contributed by atoms with Gasteiger partial charge in [-0.15, -0.1) is 0 Å². The maximum Gasteiger partial charge on any atom is 0.228 e. The van der Waals surface area contributed by atoms with Crippen molar-refractivity contribution >= 4 is 11.8 Å². The SMILES string of the molecule is CC(C)NC(=O)[C@]1(Cc2ccc(-c3ccccc3)cc2)CCCN(C(=O)C2CC2)C1. The van der Waals surface area contributed by atoms with Crippen LogP contribution in [0.15, 0.2) is 54.6 Å². The Bertz CT molecular complexity index is 887. The smallest absolute Gasteiger partial charge is 0.228 e. The van der Waals surface area contributed by atoms with Gasteiger partial charge in [-0.25, -0.2) is 0 Å². The van der Waals surface area contributed by atoms with Gasteiger partial charge >= 0.3 is 0 Å². The standard InChI is InChI=1S/C26H32N2O2/c1-19(2)27-25(30)26(15-6-16-28(18-26)24(29)23-13-14-23)17-20-9-11-22(12-10-20)21-7-4-3-5-8-21/h3-5,7-12,19,23H,6,13-18H2,1-2H3,(H,27,30)/t26-/m0/s1. The number of benzene rings is 2. The molecule has 1 saturated carbocycles. The third-order valence-corrected chi connectivity index (χ3v) is 6.32. The lowest BCUT2D eigenvalue weighted by Crippen LogP contribution is -2.55. The first kappa shape index (κ1) is 20.6. The van der Waals surface area contributed by atoms with Crippen molar-refractivity contribution in [2.45, 2.75) is 52.0 Å². The van der Waals surface area contributed by atoms with Gasteiger partial charge in [0.2, 0.25) is 11.8 Å². The summed E-state index contributed by atoms with van der Waals surface area (Å²) in [6.07, 6.45) is 4.37. The molecule has 1 aliphatic carbocycles. The summed E-state index contributed by atoms with van der Waals surface area (Å²) < 4.78 is 0. The first-order chi connectivity index (χ1) is 14.5. The Morgan fingerprint density at radius 3 is 2.33 bits per heavy atom. The maximum atomic E-state index is 13.3. The van der Waals surface area contributed by atoms with Crippen molar-refractivity contribution in [3.05, 3.63) is 60.2 Å². The van der Waals surface area contributed by atoms with Crippen LogP contribution in [0, 0.1) is 11.3 Å². The van der Waals surface area contributed by atoms with Gasteiger partial charge in [-0.3, -0.25) is 9.59 Å². The number of nitrogens with one attached hydrogen (secondary N) is 1. The van der Waals surface area contributed by atoms with E-state index in [4.69, 9.17) is 0 Å². The van der Waals surface area contributed by atoms with Crippen molar-refractivity contribution in [3.8, 4) is 11.1 Å². The predicted molar refractivity (Wildman–Crippen MR) is 120 cm³/mol. The number of carbonyl (C=O) groups is 2. The van der Waals surface area contributed by atoms with Gasteiger partial charge in [0.1, 0.15) is 0 Å². The molecule has 1 saturated heterocycles. The number of hydrogen-bond donors (Lipinski definition) is 1. The van der Waals surface area contributed by atoms with Gasteiger partial charge in [-0.2, -0.15) is 0 Å². The van der Waals surface area contributed by atoms with Gasteiger partial charge in [0.15, 0.2) is 0 Å². The molecule has 0 aromatic heterocycles. The third kappa shape index (κ3) is 4.58. The Morgan fingerprint density at radius 2 is 1.70 bits per heavy atom. The average molecular weight is 405 g/mol. The van der Waals surface area contributed by atoms with E-state index in [9.17, 15) is 9.59 Å². The first-order valence-corrected chi connectivity index (χ1v) is 11.2. The minimum absolute atomic E-state index is 0.0814. The van der Waals surface area contributed by atoms with Gasteiger partial charge in [0.25, 0.3) is 0 Å². The highest BCUT2D eigenvalue weighted by Gasteiger charge is 2.45. The van der Waals surface area contributed by atoms with Crippen LogP contribution in [-0.2, 0) is 16.0 Å². The number of nitrogens with zero attached hydrogens (tertiary/aromatic N) is 1. The van der Waals surface area contributed by atoms with E-state index in [1.165, 1.54) is 11.1 Å². The summed E-state index contributed by atoms with van der Waals surface area (Å²) in [4.78, 5) is 28.0. The predicted octanol–water partition coefficient (Wildman–Crippen LogP) is 4.44. The van der Waals surface area contributed by atoms with Crippen LogP contribution in [0.5, 0.6) is 0 Å². The topological polar surface area (TPSA) is 49.4 Å². The van der Waals surface area contributed by atoms with E-state index in [1.54, 1.807) is 0 Å². The number of carbonyl (C=O) groups excluding carboxylic acids is 2. The molecule has 0 spiro atoms. The molecule has 2 aromatic carbocycles. The molecular formula is C26H32N2O2. The van der Waals surface area contributed by atoms with E-state index >= 15 is 0 Å². The summed E-state index contributed by atoms with van der Waals surface area (Å²) in [5, 5.41) is 3.14. The van der Waals surface area contributed by atoms with E-state index in [-0.39, 0.29) is 23.8 Å². The molecule has 4 rings (SSSR count). The summed E-state index contributed by atoms with van der Waals surface area (Å²) in [6, 6.07) is 18.9. The lowest BCUT2D eigenvalue weighted by atomic mass is 9.74. The fourth-order valence-corrected chi connectivity index (χ4v) is 4.57. The molecule has 2 aromatic rings. The Hall–Kier alpha value is -2.62. The molecule has 4 nitrogen and oxygen atoms in total. The second-order valence-corrected chi connectivity index (χ2v) is 9.29. The Balaban J connectivity index is 1.56. The molecule has 2 aliphatic rings. The third-order valence-electron chi connectivity index (χ3n) is 6.32. The number of hydrogen-bond acceptors (Lipinski definition) is 2. The van der Waals surface area contributed by atoms with Crippen molar-refractivity contribution in [3.63, 3.8) is 0 Å². The molecule has 1 atom stereocenters. The van der Waals surface area contributed by atoms with E-state index in [1.807, 2.05) is 36.9 Å². The van der Waals surface area contributed by atoms with E-state index in [2.05, 4.69) is 41.7 Å². The number of piperidine rings is 1. The normalized spacial score (nSPS) is 21.5. The van der Waals surface area contributed by atoms with Crippen molar-refractivity contribution in [2.24, 2.45) is 11.3 Å². The monoisotopic (exact) mass is 404 g/mol. The zero-order valence-electron chi connectivity index (χ0n) is 18.1. The van der Waals surface area contributed by atoms with Crippen LogP contribution in [0.3, 0.4) is 0 Å². The summed E-state index contributed by atoms with van der Waals surface area (Å²) in [5.74, 6) is 0.521. The fourth-order valence-electron chi connectivity index (χ4n) is 4.57. The maximum absolute atomic E-state index is 13.3. The Labute approximate surface area is 179 Å². The van der Waals surface area contributed by atoms with Crippen LogP contribution in [0.25, 0.3) is 11.1 Å². The number of likely N-dealkylation sites (tertiary alicyclic amines) is 1. The molecule has 1 N–H and O–H groups in total. The lowest BCUT2D eigenvalue weighted by molar-refractivity contribution is -0.142. The van der Waals surface area contributed by atoms with Crippen molar-refractivity contribution in [1.29, 1.82) is 0 Å². The molecule has 4 heteroatoms. The molecule has 30 heavy (non-hydrogen) atoms. The molecule has 2 fully saturated rings. The second kappa shape index (κ2) is 8.63. The largest absolute Gasteiger partial charge is 0.353 e. The van der Waals surface area contributed by atoms with Gasteiger partial charge in [-0.05, 0) is 62.6 Å². The molecule has 0 bridgehead atoms. The molecule has 158 valence electrons. The molecule has 2 amide bonds. The number of rotatable bonds is 6. The summed E-state index contributed by atoms with van der Waals surface area (Å²) in [5.41, 5.74) is 2.96. The van der Waals surface area contributed by atoms with E-state index < -0.39 is 5.41 Å². The quantitative estimate of drug-likeness (QED) is 0.774. The van der Waals surface area contributed by atoms with E-state index in [0.29, 0.717) is 13.0 Å².